The highest BCUT2D eigenvalue weighted by Gasteiger charge is 2.20. The minimum Gasteiger partial charge on any atom is -0.379 e. The van der Waals surface area contributed by atoms with Crippen LogP contribution in [0.5, 0.6) is 0 Å². The van der Waals surface area contributed by atoms with E-state index < -0.39 is 0 Å². The second-order valence-corrected chi connectivity index (χ2v) is 5.71. The van der Waals surface area contributed by atoms with Gasteiger partial charge in [-0.15, -0.1) is 0 Å². The number of methoxy groups -OCH3 is 1. The van der Waals surface area contributed by atoms with Gasteiger partial charge in [0.2, 0.25) is 0 Å². The summed E-state index contributed by atoms with van der Waals surface area (Å²) in [5.74, 6) is 0.780. The largest absolute Gasteiger partial charge is 0.379 e. The van der Waals surface area contributed by atoms with Gasteiger partial charge in [0.05, 0.1) is 11.3 Å². The highest BCUT2D eigenvalue weighted by Crippen LogP contribution is 2.19. The van der Waals surface area contributed by atoms with Gasteiger partial charge in [0.15, 0.2) is 5.76 Å². The molecule has 1 saturated carbocycles. The van der Waals surface area contributed by atoms with Crippen LogP contribution in [-0.2, 0) is 22.6 Å². The van der Waals surface area contributed by atoms with E-state index in [0.29, 0.717) is 19.3 Å². The Morgan fingerprint density at radius 2 is 2.26 bits per heavy atom. The molecular weight excluding hydrogens is 244 g/mol. The number of rotatable bonds is 9. The molecule has 1 aliphatic carbocycles. The summed E-state index contributed by atoms with van der Waals surface area (Å²) in [6, 6.07) is 2.64. The SMILES string of the molecule is COC(C)(C)CCOCc1cc(CNC2CC2)no1. The van der Waals surface area contributed by atoms with Crippen molar-refractivity contribution in [2.24, 2.45) is 0 Å². The van der Waals surface area contributed by atoms with E-state index in [2.05, 4.69) is 10.5 Å². The number of nitrogens with one attached hydrogen (secondary N) is 1. The molecule has 0 amide bonds. The van der Waals surface area contributed by atoms with Crippen LogP contribution in [0.3, 0.4) is 0 Å². The van der Waals surface area contributed by atoms with Crippen LogP contribution < -0.4 is 5.32 Å². The second kappa shape index (κ2) is 6.50. The number of hydrogen-bond donors (Lipinski definition) is 1. The van der Waals surface area contributed by atoms with Crippen LogP contribution in [0.15, 0.2) is 10.6 Å². The van der Waals surface area contributed by atoms with Crippen molar-refractivity contribution in [1.29, 1.82) is 0 Å². The zero-order chi connectivity index (χ0) is 13.7. The summed E-state index contributed by atoms with van der Waals surface area (Å²) in [5, 5.41) is 7.42. The van der Waals surface area contributed by atoms with E-state index in [1.165, 1.54) is 12.8 Å². The van der Waals surface area contributed by atoms with Crippen LogP contribution in [0.4, 0.5) is 0 Å². The summed E-state index contributed by atoms with van der Waals surface area (Å²) >= 11 is 0. The average molecular weight is 268 g/mol. The molecule has 5 nitrogen and oxygen atoms in total. The standard InChI is InChI=1S/C14H24N2O3/c1-14(2,17-3)6-7-18-10-13-8-12(16-19-13)9-15-11-4-5-11/h8,11,15H,4-7,9-10H2,1-3H3. The first-order chi connectivity index (χ1) is 9.09. The van der Waals surface area contributed by atoms with Crippen LogP contribution in [0.25, 0.3) is 0 Å². The van der Waals surface area contributed by atoms with Gasteiger partial charge in [0.25, 0.3) is 0 Å². The maximum absolute atomic E-state index is 5.57. The number of ether oxygens (including phenoxy) is 2. The molecule has 0 aromatic carbocycles. The molecule has 1 fully saturated rings. The fourth-order valence-corrected chi connectivity index (χ4v) is 1.64. The van der Waals surface area contributed by atoms with Gasteiger partial charge in [-0.3, -0.25) is 0 Å². The van der Waals surface area contributed by atoms with Crippen molar-refractivity contribution < 1.29 is 14.0 Å². The van der Waals surface area contributed by atoms with E-state index in [4.69, 9.17) is 14.0 Å². The molecule has 0 unspecified atom stereocenters. The van der Waals surface area contributed by atoms with Crippen molar-refractivity contribution >= 4 is 0 Å². The van der Waals surface area contributed by atoms with Crippen molar-refractivity contribution in [3.05, 3.63) is 17.5 Å². The van der Waals surface area contributed by atoms with Crippen molar-refractivity contribution in [2.75, 3.05) is 13.7 Å². The first-order valence-electron chi connectivity index (χ1n) is 6.90. The molecule has 5 heteroatoms. The first-order valence-corrected chi connectivity index (χ1v) is 6.90. The van der Waals surface area contributed by atoms with Crippen LogP contribution in [-0.4, -0.2) is 30.5 Å². The Balaban J connectivity index is 1.62. The van der Waals surface area contributed by atoms with Crippen molar-refractivity contribution in [2.45, 2.75) is 57.9 Å². The smallest absolute Gasteiger partial charge is 0.162 e. The van der Waals surface area contributed by atoms with E-state index in [-0.39, 0.29) is 5.60 Å². The van der Waals surface area contributed by atoms with Gasteiger partial charge >= 0.3 is 0 Å². The Hall–Kier alpha value is -0.910. The van der Waals surface area contributed by atoms with Crippen molar-refractivity contribution in [1.82, 2.24) is 10.5 Å². The minimum absolute atomic E-state index is 0.138. The molecule has 0 radical (unpaired) electrons. The third-order valence-electron chi connectivity index (χ3n) is 3.40. The quantitative estimate of drug-likeness (QED) is 0.696. The summed E-state index contributed by atoms with van der Waals surface area (Å²) in [6.45, 7) is 6.00. The van der Waals surface area contributed by atoms with Gasteiger partial charge in [0.1, 0.15) is 6.61 Å². The fourth-order valence-electron chi connectivity index (χ4n) is 1.64. The van der Waals surface area contributed by atoms with E-state index in [0.717, 1.165) is 24.4 Å². The maximum atomic E-state index is 5.57. The molecule has 1 aromatic heterocycles. The normalized spacial score (nSPS) is 15.9. The summed E-state index contributed by atoms with van der Waals surface area (Å²) in [6.07, 6.45) is 3.42. The Morgan fingerprint density at radius 3 is 2.95 bits per heavy atom. The van der Waals surface area contributed by atoms with Gasteiger partial charge in [-0.2, -0.15) is 0 Å². The third kappa shape index (κ3) is 5.30. The third-order valence-corrected chi connectivity index (χ3v) is 3.40. The lowest BCUT2D eigenvalue weighted by Gasteiger charge is -2.22. The van der Waals surface area contributed by atoms with E-state index in [1.807, 2.05) is 19.9 Å². The molecule has 108 valence electrons. The molecule has 1 N–H and O–H groups in total. The summed E-state index contributed by atoms with van der Waals surface area (Å²) in [4.78, 5) is 0. The summed E-state index contributed by atoms with van der Waals surface area (Å²) in [7, 11) is 1.72. The Bertz CT molecular complexity index is 386. The number of hydrogen-bond acceptors (Lipinski definition) is 5. The van der Waals surface area contributed by atoms with E-state index >= 15 is 0 Å². The topological polar surface area (TPSA) is 56.5 Å². The molecule has 1 aromatic rings. The Labute approximate surface area is 114 Å². The van der Waals surface area contributed by atoms with Gasteiger partial charge in [-0.05, 0) is 33.1 Å². The van der Waals surface area contributed by atoms with E-state index in [9.17, 15) is 0 Å². The average Bonchev–Trinajstić information content (AvgIpc) is 3.11. The minimum atomic E-state index is -0.138. The predicted octanol–water partition coefficient (Wildman–Crippen LogP) is 2.26. The zero-order valence-corrected chi connectivity index (χ0v) is 12.1. The molecule has 0 atom stereocenters. The molecule has 1 aliphatic rings. The van der Waals surface area contributed by atoms with Gasteiger partial charge < -0.3 is 19.3 Å². The highest BCUT2D eigenvalue weighted by molar-refractivity contribution is 5.04. The Kier molecular flexibility index (Phi) is 4.96. The molecule has 0 saturated heterocycles. The van der Waals surface area contributed by atoms with Gasteiger partial charge in [-0.1, -0.05) is 5.16 Å². The fraction of sp³-hybridized carbons (Fsp3) is 0.786. The molecule has 0 bridgehead atoms. The zero-order valence-electron chi connectivity index (χ0n) is 12.1. The predicted molar refractivity (Wildman–Crippen MR) is 71.7 cm³/mol. The molecule has 19 heavy (non-hydrogen) atoms. The molecule has 0 spiro atoms. The summed E-state index contributed by atoms with van der Waals surface area (Å²) in [5.41, 5.74) is 0.809. The first kappa shape index (κ1) is 14.5. The molecule has 0 aliphatic heterocycles. The number of nitrogens with zero attached hydrogens (tertiary/aromatic N) is 1. The van der Waals surface area contributed by atoms with E-state index in [1.54, 1.807) is 7.11 Å². The maximum Gasteiger partial charge on any atom is 0.162 e. The lowest BCUT2D eigenvalue weighted by atomic mass is 10.1. The molecular formula is C14H24N2O3. The van der Waals surface area contributed by atoms with Crippen LogP contribution >= 0.6 is 0 Å². The van der Waals surface area contributed by atoms with Crippen molar-refractivity contribution in [3.63, 3.8) is 0 Å². The van der Waals surface area contributed by atoms with Crippen LogP contribution in [0.1, 0.15) is 44.6 Å². The summed E-state index contributed by atoms with van der Waals surface area (Å²) < 4.78 is 16.1. The molecule has 1 heterocycles. The monoisotopic (exact) mass is 268 g/mol. The second-order valence-electron chi connectivity index (χ2n) is 5.71. The highest BCUT2D eigenvalue weighted by atomic mass is 16.5. The van der Waals surface area contributed by atoms with Gasteiger partial charge in [-0.25, -0.2) is 0 Å². The van der Waals surface area contributed by atoms with Crippen molar-refractivity contribution in [3.8, 4) is 0 Å². The van der Waals surface area contributed by atoms with Crippen LogP contribution in [0.2, 0.25) is 0 Å². The Morgan fingerprint density at radius 1 is 1.47 bits per heavy atom. The van der Waals surface area contributed by atoms with Gasteiger partial charge in [0, 0.05) is 32.4 Å². The molecule has 2 rings (SSSR count). The number of aromatic nitrogens is 1. The lowest BCUT2D eigenvalue weighted by molar-refractivity contribution is -0.0148. The lowest BCUT2D eigenvalue weighted by Crippen LogP contribution is -2.24. The van der Waals surface area contributed by atoms with Crippen LogP contribution in [0, 0.1) is 0 Å².